The predicted molar refractivity (Wildman–Crippen MR) is 149 cm³/mol. The molecule has 1 atom stereocenters. The van der Waals surface area contributed by atoms with Gasteiger partial charge in [-0.05, 0) is 86.7 Å². The molecule has 0 bridgehead atoms. The van der Waals surface area contributed by atoms with Gasteiger partial charge in [-0.1, -0.05) is 24.3 Å². The minimum Gasteiger partial charge on any atom is -0.353 e. The van der Waals surface area contributed by atoms with E-state index in [-0.39, 0.29) is 0 Å². The number of hydrogen-bond acceptors (Lipinski definition) is 5. The zero-order valence-electron chi connectivity index (χ0n) is 21.2. The van der Waals surface area contributed by atoms with Crippen molar-refractivity contribution in [2.75, 3.05) is 13.1 Å². The largest absolute Gasteiger partial charge is 0.353 e. The first-order valence-corrected chi connectivity index (χ1v) is 13.5. The van der Waals surface area contributed by atoms with Gasteiger partial charge < -0.3 is 10.3 Å². The fraction of sp³-hybridized carbons (Fsp3) is 0.323. The number of nitrogens with zero attached hydrogens (tertiary/aromatic N) is 4. The molecule has 2 N–H and O–H groups in total. The van der Waals surface area contributed by atoms with Crippen LogP contribution in [0.1, 0.15) is 54.2 Å². The fourth-order valence-electron chi connectivity index (χ4n) is 5.73. The van der Waals surface area contributed by atoms with Crippen LogP contribution in [-0.2, 0) is 19.5 Å². The van der Waals surface area contributed by atoms with E-state index in [4.69, 9.17) is 9.97 Å². The van der Waals surface area contributed by atoms with Crippen LogP contribution in [-0.4, -0.2) is 37.9 Å². The number of benzene rings is 1. The molecule has 0 radical (unpaired) electrons. The van der Waals surface area contributed by atoms with Crippen molar-refractivity contribution >= 4 is 21.8 Å². The van der Waals surface area contributed by atoms with Crippen LogP contribution in [0, 0.1) is 0 Å². The van der Waals surface area contributed by atoms with Crippen molar-refractivity contribution in [2.24, 2.45) is 0 Å². The van der Waals surface area contributed by atoms with E-state index in [1.807, 2.05) is 24.8 Å². The van der Waals surface area contributed by atoms with Crippen LogP contribution in [0.5, 0.6) is 0 Å². The Hall–Kier alpha value is -3.61. The van der Waals surface area contributed by atoms with E-state index in [0.717, 1.165) is 63.1 Å². The van der Waals surface area contributed by atoms with Gasteiger partial charge in [-0.15, -0.1) is 0 Å². The van der Waals surface area contributed by atoms with Gasteiger partial charge in [0, 0.05) is 54.2 Å². The van der Waals surface area contributed by atoms with Gasteiger partial charge in [0.15, 0.2) is 0 Å². The summed E-state index contributed by atoms with van der Waals surface area (Å²) in [7, 11) is 0. The van der Waals surface area contributed by atoms with Crippen LogP contribution < -0.4 is 5.32 Å². The third-order valence-electron chi connectivity index (χ3n) is 7.59. The molecule has 0 saturated carbocycles. The summed E-state index contributed by atoms with van der Waals surface area (Å²) in [5, 5.41) is 6.10. The number of aryl methyl sites for hydroxylation is 1. The molecule has 1 aliphatic rings. The van der Waals surface area contributed by atoms with Crippen molar-refractivity contribution in [3.8, 4) is 0 Å². The fourth-order valence-corrected chi connectivity index (χ4v) is 5.73. The second-order valence-corrected chi connectivity index (χ2v) is 10.0. The van der Waals surface area contributed by atoms with Gasteiger partial charge in [-0.3, -0.25) is 19.9 Å². The number of aromatic nitrogens is 4. The van der Waals surface area contributed by atoms with Gasteiger partial charge in [0.05, 0.1) is 22.9 Å². The number of fused-ring (bicyclic) bond motifs is 4. The molecule has 188 valence electrons. The summed E-state index contributed by atoms with van der Waals surface area (Å²) in [6.07, 6.45) is 13.4. The lowest BCUT2D eigenvalue weighted by Crippen LogP contribution is -2.33. The third kappa shape index (κ3) is 5.26. The van der Waals surface area contributed by atoms with Crippen LogP contribution in [0.15, 0.2) is 79.4 Å². The Morgan fingerprint density at radius 3 is 2.76 bits per heavy atom. The highest BCUT2D eigenvalue weighted by Crippen LogP contribution is 2.35. The molecular weight excluding hydrogens is 456 g/mol. The quantitative estimate of drug-likeness (QED) is 0.237. The first kappa shape index (κ1) is 23.8. The predicted octanol–water partition coefficient (Wildman–Crippen LogP) is 5.96. The van der Waals surface area contributed by atoms with Crippen LogP contribution in [0.4, 0.5) is 0 Å². The topological polar surface area (TPSA) is 69.7 Å². The SMILES string of the molecule is c1cnc2c(c1)CCCC2N(CCCCNCc1ccncc1)Cc1nccc2c1[nH]c1ccccc12. The van der Waals surface area contributed by atoms with E-state index in [2.05, 4.69) is 74.8 Å². The molecule has 1 aliphatic carbocycles. The molecule has 0 fully saturated rings. The van der Waals surface area contributed by atoms with Gasteiger partial charge in [0.25, 0.3) is 0 Å². The molecule has 6 rings (SSSR count). The number of nitrogens with one attached hydrogen (secondary N) is 2. The van der Waals surface area contributed by atoms with Crippen LogP contribution >= 0.6 is 0 Å². The average molecular weight is 491 g/mol. The summed E-state index contributed by atoms with van der Waals surface area (Å²) < 4.78 is 0. The van der Waals surface area contributed by atoms with E-state index < -0.39 is 0 Å². The van der Waals surface area contributed by atoms with Crippen molar-refractivity contribution in [1.82, 2.24) is 30.2 Å². The first-order valence-electron chi connectivity index (χ1n) is 13.5. The van der Waals surface area contributed by atoms with E-state index >= 15 is 0 Å². The Bertz CT molecular complexity index is 1460. The van der Waals surface area contributed by atoms with Crippen LogP contribution in [0.3, 0.4) is 0 Å². The Labute approximate surface area is 218 Å². The Kier molecular flexibility index (Phi) is 7.19. The second kappa shape index (κ2) is 11.2. The molecule has 0 spiro atoms. The van der Waals surface area contributed by atoms with E-state index in [0.29, 0.717) is 6.04 Å². The summed E-state index contributed by atoms with van der Waals surface area (Å²) in [5.41, 5.74) is 7.38. The summed E-state index contributed by atoms with van der Waals surface area (Å²) in [5.74, 6) is 0. The smallest absolute Gasteiger partial charge is 0.0784 e. The lowest BCUT2D eigenvalue weighted by atomic mass is 9.90. The summed E-state index contributed by atoms with van der Waals surface area (Å²) in [6.45, 7) is 3.73. The molecule has 4 heterocycles. The van der Waals surface area contributed by atoms with Crippen molar-refractivity contribution in [3.63, 3.8) is 0 Å². The number of H-pyrrole nitrogens is 1. The highest BCUT2D eigenvalue weighted by atomic mass is 15.2. The van der Waals surface area contributed by atoms with Crippen LogP contribution in [0.2, 0.25) is 0 Å². The molecule has 6 nitrogen and oxygen atoms in total. The monoisotopic (exact) mass is 490 g/mol. The number of para-hydroxylation sites is 1. The van der Waals surface area contributed by atoms with Gasteiger partial charge in [0.2, 0.25) is 0 Å². The second-order valence-electron chi connectivity index (χ2n) is 10.0. The molecule has 37 heavy (non-hydrogen) atoms. The zero-order valence-corrected chi connectivity index (χ0v) is 21.2. The van der Waals surface area contributed by atoms with Crippen molar-refractivity contribution < 1.29 is 0 Å². The summed E-state index contributed by atoms with van der Waals surface area (Å²) >= 11 is 0. The number of pyridine rings is 3. The molecule has 0 aliphatic heterocycles. The molecule has 0 amide bonds. The number of rotatable bonds is 10. The lowest BCUT2D eigenvalue weighted by Gasteiger charge is -2.35. The molecule has 1 aromatic carbocycles. The molecule has 4 aromatic heterocycles. The molecule has 5 aromatic rings. The van der Waals surface area contributed by atoms with Gasteiger partial charge in [-0.25, -0.2) is 0 Å². The highest BCUT2D eigenvalue weighted by Gasteiger charge is 2.28. The average Bonchev–Trinajstić information content (AvgIpc) is 3.34. The Morgan fingerprint density at radius 1 is 0.892 bits per heavy atom. The summed E-state index contributed by atoms with van der Waals surface area (Å²) in [6, 6.07) is 19.5. The summed E-state index contributed by atoms with van der Waals surface area (Å²) in [4.78, 5) is 20.1. The first-order chi connectivity index (χ1) is 18.4. The maximum atomic E-state index is 4.87. The van der Waals surface area contributed by atoms with Crippen molar-refractivity contribution in [2.45, 2.75) is 51.2 Å². The van der Waals surface area contributed by atoms with Crippen molar-refractivity contribution in [3.05, 3.63) is 102 Å². The Balaban J connectivity index is 1.20. The van der Waals surface area contributed by atoms with Crippen LogP contribution in [0.25, 0.3) is 21.8 Å². The number of unbranched alkanes of at least 4 members (excludes halogenated alkanes) is 1. The Morgan fingerprint density at radius 2 is 1.81 bits per heavy atom. The molecular formula is C31H34N6. The van der Waals surface area contributed by atoms with E-state index in [1.54, 1.807) is 0 Å². The minimum absolute atomic E-state index is 0.330. The zero-order chi connectivity index (χ0) is 24.9. The van der Waals surface area contributed by atoms with Gasteiger partial charge >= 0.3 is 0 Å². The van der Waals surface area contributed by atoms with Crippen molar-refractivity contribution in [1.29, 1.82) is 0 Å². The maximum Gasteiger partial charge on any atom is 0.0784 e. The van der Waals surface area contributed by atoms with Gasteiger partial charge in [-0.2, -0.15) is 0 Å². The number of hydrogen-bond donors (Lipinski definition) is 2. The van der Waals surface area contributed by atoms with Gasteiger partial charge in [0.1, 0.15) is 0 Å². The highest BCUT2D eigenvalue weighted by molar-refractivity contribution is 6.07. The minimum atomic E-state index is 0.330. The molecule has 0 saturated heterocycles. The molecule has 1 unspecified atom stereocenters. The standard InChI is InChI=1S/C31H34N6/c1-2-10-27-25(9-1)26-14-19-34-28(31(26)36-27)22-37(29-11-5-7-24-8-6-16-35-30(24)29)20-4-3-15-33-21-23-12-17-32-18-13-23/h1-2,6,8-10,12-14,16-19,29,33,36H,3-5,7,11,15,20-22H2. The van der Waals surface area contributed by atoms with E-state index in [1.165, 1.54) is 39.5 Å². The maximum absolute atomic E-state index is 4.87. The van der Waals surface area contributed by atoms with E-state index in [9.17, 15) is 0 Å². The lowest BCUT2D eigenvalue weighted by molar-refractivity contribution is 0.161. The normalized spacial score (nSPS) is 15.4. The number of aromatic amines is 1. The third-order valence-corrected chi connectivity index (χ3v) is 7.59. The molecule has 6 heteroatoms.